The average Bonchev–Trinajstić information content (AvgIpc) is 3.26. The predicted molar refractivity (Wildman–Crippen MR) is 98.6 cm³/mol. The highest BCUT2D eigenvalue weighted by molar-refractivity contribution is 7.18. The molecule has 6 nitrogen and oxygen atoms in total. The molecule has 1 aromatic carbocycles. The zero-order chi connectivity index (χ0) is 17.5. The van der Waals surface area contributed by atoms with Crippen molar-refractivity contribution >= 4 is 21.6 Å². The zero-order valence-corrected chi connectivity index (χ0v) is 15.0. The molecule has 0 bridgehead atoms. The highest BCUT2D eigenvalue weighted by Crippen LogP contribution is 2.40. The first kappa shape index (κ1) is 15.5. The Labute approximate surface area is 153 Å². The molecule has 0 N–H and O–H groups in total. The molecule has 0 radical (unpaired) electrons. The molecule has 0 spiro atoms. The van der Waals surface area contributed by atoms with Gasteiger partial charge in [-0.05, 0) is 55.5 Å². The summed E-state index contributed by atoms with van der Waals surface area (Å²) in [5.41, 5.74) is 2.25. The number of aromatic nitrogens is 4. The second kappa shape index (κ2) is 6.17. The van der Waals surface area contributed by atoms with Crippen molar-refractivity contribution in [2.45, 2.75) is 32.6 Å². The van der Waals surface area contributed by atoms with Gasteiger partial charge in [0.05, 0.1) is 5.39 Å². The van der Waals surface area contributed by atoms with Crippen molar-refractivity contribution in [1.82, 2.24) is 20.1 Å². The Morgan fingerprint density at radius 2 is 1.92 bits per heavy atom. The van der Waals surface area contributed by atoms with Gasteiger partial charge in [0, 0.05) is 17.4 Å². The van der Waals surface area contributed by atoms with Crippen LogP contribution >= 0.6 is 11.3 Å². The van der Waals surface area contributed by atoms with Crippen LogP contribution in [0.25, 0.3) is 21.6 Å². The molecule has 0 saturated heterocycles. The summed E-state index contributed by atoms with van der Waals surface area (Å²) < 4.78 is 11.1. The van der Waals surface area contributed by atoms with E-state index in [1.807, 2.05) is 24.3 Å². The fourth-order valence-corrected chi connectivity index (χ4v) is 4.56. The number of aryl methyl sites for hydroxylation is 3. The number of benzene rings is 1. The number of hydrogen-bond acceptors (Lipinski definition) is 7. The summed E-state index contributed by atoms with van der Waals surface area (Å²) in [5.74, 6) is 2.48. The van der Waals surface area contributed by atoms with Gasteiger partial charge >= 0.3 is 0 Å². The van der Waals surface area contributed by atoms with Crippen LogP contribution in [0, 0.1) is 6.92 Å². The average molecular weight is 364 g/mol. The highest BCUT2D eigenvalue weighted by atomic mass is 32.1. The summed E-state index contributed by atoms with van der Waals surface area (Å²) in [6.07, 6.45) is 6.26. The monoisotopic (exact) mass is 364 g/mol. The van der Waals surface area contributed by atoms with E-state index in [-0.39, 0.29) is 0 Å². The van der Waals surface area contributed by atoms with E-state index >= 15 is 0 Å². The van der Waals surface area contributed by atoms with Gasteiger partial charge in [-0.1, -0.05) is 5.16 Å². The fourth-order valence-electron chi connectivity index (χ4n) is 3.34. The maximum atomic E-state index is 6.10. The van der Waals surface area contributed by atoms with Crippen LogP contribution in [0.4, 0.5) is 0 Å². The third-order valence-corrected chi connectivity index (χ3v) is 5.77. The van der Waals surface area contributed by atoms with Crippen LogP contribution in [0.2, 0.25) is 0 Å². The smallest absolute Gasteiger partial charge is 0.231 e. The molecular weight excluding hydrogens is 348 g/mol. The molecule has 0 unspecified atom stereocenters. The van der Waals surface area contributed by atoms with Gasteiger partial charge in [-0.3, -0.25) is 0 Å². The SMILES string of the molecule is Cc1nc(-c2ccc(Oc3ncnc4sc5c(c34)CCCC5)cc2)no1. The standard InChI is InChI=1S/C19H16N4O2S/c1-11-22-17(23-25-11)12-6-8-13(9-7-12)24-18-16-14-4-2-3-5-15(14)26-19(16)21-10-20-18/h6-10H,2-5H2,1H3. The molecule has 0 atom stereocenters. The zero-order valence-electron chi connectivity index (χ0n) is 14.2. The first-order valence-corrected chi connectivity index (χ1v) is 9.43. The van der Waals surface area contributed by atoms with E-state index < -0.39 is 0 Å². The molecule has 0 aliphatic heterocycles. The molecule has 0 saturated carbocycles. The number of ether oxygens (including phenoxy) is 1. The first-order valence-electron chi connectivity index (χ1n) is 8.62. The Balaban J connectivity index is 1.49. The summed E-state index contributed by atoms with van der Waals surface area (Å²) in [4.78, 5) is 15.5. The van der Waals surface area contributed by atoms with E-state index in [4.69, 9.17) is 9.26 Å². The maximum Gasteiger partial charge on any atom is 0.231 e. The van der Waals surface area contributed by atoms with Gasteiger partial charge in [-0.2, -0.15) is 4.98 Å². The molecule has 26 heavy (non-hydrogen) atoms. The number of fused-ring (bicyclic) bond motifs is 3. The molecule has 4 aromatic rings. The summed E-state index contributed by atoms with van der Waals surface area (Å²) in [6, 6.07) is 7.63. The molecule has 3 heterocycles. The lowest BCUT2D eigenvalue weighted by molar-refractivity contribution is 0.394. The van der Waals surface area contributed by atoms with E-state index in [9.17, 15) is 0 Å². The van der Waals surface area contributed by atoms with Gasteiger partial charge in [0.1, 0.15) is 16.9 Å². The molecule has 3 aromatic heterocycles. The van der Waals surface area contributed by atoms with Gasteiger partial charge in [-0.25, -0.2) is 9.97 Å². The van der Waals surface area contributed by atoms with E-state index in [1.54, 1.807) is 24.6 Å². The second-order valence-corrected chi connectivity index (χ2v) is 7.42. The summed E-state index contributed by atoms with van der Waals surface area (Å²) in [7, 11) is 0. The molecular formula is C19H16N4O2S. The van der Waals surface area contributed by atoms with E-state index in [1.165, 1.54) is 23.3 Å². The van der Waals surface area contributed by atoms with E-state index in [0.717, 1.165) is 34.4 Å². The number of hydrogen-bond donors (Lipinski definition) is 0. The normalized spacial score (nSPS) is 13.7. The van der Waals surface area contributed by atoms with Gasteiger partial charge in [0.2, 0.25) is 17.6 Å². The van der Waals surface area contributed by atoms with Crippen LogP contribution < -0.4 is 4.74 Å². The van der Waals surface area contributed by atoms with Crippen molar-refractivity contribution in [3.8, 4) is 23.0 Å². The van der Waals surface area contributed by atoms with E-state index in [2.05, 4.69) is 20.1 Å². The molecule has 0 amide bonds. The Morgan fingerprint density at radius 1 is 1.08 bits per heavy atom. The van der Waals surface area contributed by atoms with E-state index in [0.29, 0.717) is 17.6 Å². The minimum Gasteiger partial charge on any atom is -0.438 e. The molecule has 130 valence electrons. The predicted octanol–water partition coefficient (Wildman–Crippen LogP) is 4.72. The summed E-state index contributed by atoms with van der Waals surface area (Å²) in [5, 5.41) is 5.01. The van der Waals surface area contributed by atoms with Crippen LogP contribution in [0.15, 0.2) is 35.1 Å². The highest BCUT2D eigenvalue weighted by Gasteiger charge is 2.21. The largest absolute Gasteiger partial charge is 0.438 e. The molecule has 0 fully saturated rings. The molecule has 1 aliphatic carbocycles. The fraction of sp³-hybridized carbons (Fsp3) is 0.263. The third-order valence-electron chi connectivity index (χ3n) is 4.57. The lowest BCUT2D eigenvalue weighted by Crippen LogP contribution is -1.99. The quantitative estimate of drug-likeness (QED) is 0.524. The van der Waals surface area contributed by atoms with Gasteiger partial charge < -0.3 is 9.26 Å². The number of rotatable bonds is 3. The lowest BCUT2D eigenvalue weighted by atomic mass is 9.97. The lowest BCUT2D eigenvalue weighted by Gasteiger charge is -2.12. The van der Waals surface area contributed by atoms with Gasteiger partial charge in [0.25, 0.3) is 0 Å². The van der Waals surface area contributed by atoms with Crippen LogP contribution in [0.3, 0.4) is 0 Å². The number of thiophene rings is 1. The molecule has 5 rings (SSSR count). The number of nitrogens with zero attached hydrogens (tertiary/aromatic N) is 4. The first-order chi connectivity index (χ1) is 12.8. The van der Waals surface area contributed by atoms with Crippen molar-refractivity contribution in [3.63, 3.8) is 0 Å². The summed E-state index contributed by atoms with van der Waals surface area (Å²) in [6.45, 7) is 1.77. The van der Waals surface area contributed by atoms with Crippen molar-refractivity contribution in [2.24, 2.45) is 0 Å². The Morgan fingerprint density at radius 3 is 2.73 bits per heavy atom. The Hall–Kier alpha value is -2.80. The maximum absolute atomic E-state index is 6.10. The molecule has 7 heteroatoms. The Bertz CT molecular complexity index is 1080. The topological polar surface area (TPSA) is 73.9 Å². The van der Waals surface area contributed by atoms with Crippen molar-refractivity contribution < 1.29 is 9.26 Å². The third kappa shape index (κ3) is 2.64. The van der Waals surface area contributed by atoms with Crippen LogP contribution in [0.1, 0.15) is 29.2 Å². The van der Waals surface area contributed by atoms with Gasteiger partial charge in [-0.15, -0.1) is 11.3 Å². The minimum absolute atomic E-state index is 0.547. The Kier molecular flexibility index (Phi) is 3.67. The van der Waals surface area contributed by atoms with Crippen LogP contribution in [-0.2, 0) is 12.8 Å². The van der Waals surface area contributed by atoms with Crippen molar-refractivity contribution in [1.29, 1.82) is 0 Å². The van der Waals surface area contributed by atoms with Crippen LogP contribution in [-0.4, -0.2) is 20.1 Å². The second-order valence-electron chi connectivity index (χ2n) is 6.33. The minimum atomic E-state index is 0.547. The summed E-state index contributed by atoms with van der Waals surface area (Å²) >= 11 is 1.77. The molecule has 1 aliphatic rings. The van der Waals surface area contributed by atoms with Gasteiger partial charge in [0.15, 0.2) is 0 Å². The van der Waals surface area contributed by atoms with Crippen LogP contribution in [0.5, 0.6) is 11.6 Å². The van der Waals surface area contributed by atoms with Crippen molar-refractivity contribution in [2.75, 3.05) is 0 Å². The van der Waals surface area contributed by atoms with Crippen molar-refractivity contribution in [3.05, 3.63) is 46.9 Å².